The Morgan fingerprint density at radius 1 is 1.56 bits per heavy atom. The minimum atomic E-state index is -0.641. The summed E-state index contributed by atoms with van der Waals surface area (Å²) in [6.07, 6.45) is 2.18. The zero-order chi connectivity index (χ0) is 12.0. The molecule has 16 heavy (non-hydrogen) atoms. The molecule has 5 nitrogen and oxygen atoms in total. The molecule has 3 N–H and O–H groups in total. The van der Waals surface area contributed by atoms with Gasteiger partial charge in [0.2, 0.25) is 5.88 Å². The van der Waals surface area contributed by atoms with E-state index in [1.54, 1.807) is 6.07 Å². The van der Waals surface area contributed by atoms with Crippen LogP contribution in [0, 0.1) is 0 Å². The van der Waals surface area contributed by atoms with Crippen LogP contribution in [0.15, 0.2) is 10.6 Å². The third-order valence-corrected chi connectivity index (χ3v) is 5.64. The Bertz CT molecular complexity index is 422. The molecule has 1 aromatic rings. The molecule has 2 rings (SSSR count). The molecule has 0 aliphatic heterocycles. The van der Waals surface area contributed by atoms with Gasteiger partial charge in [0.1, 0.15) is -0.565 Å². The van der Waals surface area contributed by atoms with Crippen LogP contribution in [0.1, 0.15) is 18.5 Å². The van der Waals surface area contributed by atoms with Crippen LogP contribution in [0.4, 0.5) is 10.7 Å². The fourth-order valence-corrected chi connectivity index (χ4v) is 3.94. The highest BCUT2D eigenvalue weighted by Gasteiger charge is 2.59. The largest absolute Gasteiger partial charge is 0.351 e. The lowest BCUT2D eigenvalue weighted by atomic mass is 10.1. The predicted octanol–water partition coefficient (Wildman–Crippen LogP) is 3.16. The summed E-state index contributed by atoms with van der Waals surface area (Å²) in [5.41, 5.74) is 5.94. The van der Waals surface area contributed by atoms with Crippen molar-refractivity contribution in [3.63, 3.8) is 0 Å². The average Bonchev–Trinajstić information content (AvgIpc) is 2.82. The van der Waals surface area contributed by atoms with E-state index in [9.17, 15) is 4.79 Å². The summed E-state index contributed by atoms with van der Waals surface area (Å²) < 4.78 is 5.08. The molecule has 0 radical (unpaired) electrons. The number of nitrogens with two attached hydrogens (primary N) is 1. The van der Waals surface area contributed by atoms with Gasteiger partial charge in [-0.15, -0.1) is 0 Å². The first-order valence-corrected chi connectivity index (χ1v) is 7.69. The highest BCUT2D eigenvalue weighted by Crippen LogP contribution is 2.65. The zero-order valence-electron chi connectivity index (χ0n) is 7.97. The SMILES string of the molecule is NC(=O)Nc1cc(C2(C(I)(I)I)CC2)no1. The molecule has 2 amide bonds. The van der Waals surface area contributed by atoms with Gasteiger partial charge < -0.3 is 10.3 Å². The van der Waals surface area contributed by atoms with Crippen molar-refractivity contribution in [3.05, 3.63) is 11.8 Å². The number of hydrogen-bond acceptors (Lipinski definition) is 3. The summed E-state index contributed by atoms with van der Waals surface area (Å²) in [7, 11) is 0. The lowest BCUT2D eigenvalue weighted by Gasteiger charge is -2.22. The normalized spacial score (nSPS) is 18.2. The van der Waals surface area contributed by atoms with Crippen molar-refractivity contribution in [1.29, 1.82) is 0 Å². The van der Waals surface area contributed by atoms with Gasteiger partial charge >= 0.3 is 6.03 Å². The van der Waals surface area contributed by atoms with Crippen LogP contribution < -0.4 is 11.1 Å². The maximum absolute atomic E-state index is 10.7. The number of primary amides is 1. The van der Waals surface area contributed by atoms with Gasteiger partial charge in [0, 0.05) is 11.5 Å². The maximum atomic E-state index is 10.7. The van der Waals surface area contributed by atoms with Crippen molar-refractivity contribution in [1.82, 2.24) is 5.16 Å². The van der Waals surface area contributed by atoms with E-state index >= 15 is 0 Å². The second kappa shape index (κ2) is 4.40. The van der Waals surface area contributed by atoms with Gasteiger partial charge in [-0.25, -0.2) is 4.79 Å². The van der Waals surface area contributed by atoms with Gasteiger partial charge in [-0.2, -0.15) is 0 Å². The zero-order valence-corrected chi connectivity index (χ0v) is 14.4. The summed E-state index contributed by atoms with van der Waals surface area (Å²) in [5.74, 6) is 0.308. The predicted molar refractivity (Wildman–Crippen MR) is 85.4 cm³/mol. The third-order valence-electron chi connectivity index (χ3n) is 2.54. The molecular weight excluding hydrogens is 551 g/mol. The number of urea groups is 1. The van der Waals surface area contributed by atoms with E-state index in [1.165, 1.54) is 0 Å². The first-order chi connectivity index (χ1) is 7.35. The molecule has 0 unspecified atom stereocenters. The lowest BCUT2D eigenvalue weighted by Crippen LogP contribution is -2.23. The number of anilines is 1. The van der Waals surface area contributed by atoms with Crippen LogP contribution >= 0.6 is 67.8 Å². The second-order valence-corrected chi connectivity index (χ2v) is 14.7. The molecule has 88 valence electrons. The number of nitrogens with zero attached hydrogens (tertiary/aromatic N) is 1. The Balaban J connectivity index is 2.23. The van der Waals surface area contributed by atoms with Crippen LogP contribution in [0.25, 0.3) is 0 Å². The molecule has 8 heteroatoms. The van der Waals surface area contributed by atoms with E-state index in [2.05, 4.69) is 78.2 Å². The topological polar surface area (TPSA) is 81.2 Å². The number of amides is 2. The molecule has 1 saturated carbocycles. The number of alkyl halides is 3. The number of carbonyl (C=O) groups is 1. The second-order valence-electron chi connectivity index (χ2n) is 3.65. The number of rotatable bonds is 3. The summed E-state index contributed by atoms with van der Waals surface area (Å²) in [6.45, 7) is 0. The van der Waals surface area contributed by atoms with E-state index in [0.717, 1.165) is 18.5 Å². The minimum absolute atomic E-state index is 0.0513. The van der Waals surface area contributed by atoms with E-state index in [4.69, 9.17) is 10.3 Å². The Labute approximate surface area is 133 Å². The van der Waals surface area contributed by atoms with Gasteiger partial charge in [-0.05, 0) is 12.8 Å². The quantitative estimate of drug-likeness (QED) is 0.442. The van der Waals surface area contributed by atoms with Crippen LogP contribution in [0.2, 0.25) is 0 Å². The Morgan fingerprint density at radius 2 is 2.19 bits per heavy atom. The van der Waals surface area contributed by atoms with Gasteiger partial charge in [0.25, 0.3) is 0 Å². The fraction of sp³-hybridized carbons (Fsp3) is 0.500. The van der Waals surface area contributed by atoms with Crippen molar-refractivity contribution < 1.29 is 9.32 Å². The maximum Gasteiger partial charge on any atom is 0.319 e. The smallest absolute Gasteiger partial charge is 0.319 e. The molecule has 0 saturated heterocycles. The molecule has 0 aromatic carbocycles. The van der Waals surface area contributed by atoms with Crippen molar-refractivity contribution in [2.75, 3.05) is 5.32 Å². The highest BCUT2D eigenvalue weighted by molar-refractivity contribution is 14.3. The van der Waals surface area contributed by atoms with Crippen molar-refractivity contribution in [2.24, 2.45) is 5.73 Å². The number of halogens is 3. The Morgan fingerprint density at radius 3 is 2.62 bits per heavy atom. The first-order valence-electron chi connectivity index (χ1n) is 4.45. The van der Waals surface area contributed by atoms with E-state index in [-0.39, 0.29) is 4.85 Å². The Kier molecular flexibility index (Phi) is 3.61. The van der Waals surface area contributed by atoms with Crippen LogP contribution in [0.3, 0.4) is 0 Å². The lowest BCUT2D eigenvalue weighted by molar-refractivity contribution is 0.258. The van der Waals surface area contributed by atoms with Gasteiger partial charge in [0.15, 0.2) is 0 Å². The molecule has 0 bridgehead atoms. The molecule has 0 atom stereocenters. The number of aromatic nitrogens is 1. The number of hydrogen-bond donors (Lipinski definition) is 2. The molecular formula is C8H8I3N3O2. The Hall–Kier alpha value is 0.670. The minimum Gasteiger partial charge on any atom is -0.351 e. The van der Waals surface area contributed by atoms with Gasteiger partial charge in [-0.3, -0.25) is 5.32 Å². The van der Waals surface area contributed by atoms with E-state index in [1.807, 2.05) is 0 Å². The molecule has 0 spiro atoms. The highest BCUT2D eigenvalue weighted by atomic mass is 127. The summed E-state index contributed by atoms with van der Waals surface area (Å²) >= 11 is 7.20. The van der Waals surface area contributed by atoms with Gasteiger partial charge in [0.05, 0.1) is 5.69 Å². The summed E-state index contributed by atoms with van der Waals surface area (Å²) in [6, 6.07) is 1.11. The molecule has 1 fully saturated rings. The fourth-order valence-electron chi connectivity index (χ4n) is 1.49. The van der Waals surface area contributed by atoms with Crippen LogP contribution in [-0.2, 0) is 5.41 Å². The molecule has 1 heterocycles. The average molecular weight is 559 g/mol. The van der Waals surface area contributed by atoms with Crippen molar-refractivity contribution >= 4 is 79.7 Å². The molecule has 1 aromatic heterocycles. The van der Waals surface area contributed by atoms with E-state index < -0.39 is 6.03 Å². The van der Waals surface area contributed by atoms with Gasteiger partial charge in [-0.1, -0.05) is 72.9 Å². The number of carbonyl (C=O) groups excluding carboxylic acids is 1. The van der Waals surface area contributed by atoms with Crippen LogP contribution in [-0.4, -0.2) is 10.6 Å². The monoisotopic (exact) mass is 559 g/mol. The van der Waals surface area contributed by atoms with E-state index in [0.29, 0.717) is 5.88 Å². The standard InChI is InChI=1S/C8H8I3N3O2/c9-8(10,11)7(1-2-7)4-3-5(16-14-4)13-6(12)15/h3H,1-2H2,(H3,12,13,15). The summed E-state index contributed by atoms with van der Waals surface area (Å²) in [5, 5.41) is 6.39. The molecule has 1 aliphatic carbocycles. The van der Waals surface area contributed by atoms with Crippen molar-refractivity contribution in [3.8, 4) is 0 Å². The number of nitrogens with one attached hydrogen (secondary N) is 1. The third kappa shape index (κ3) is 2.42. The first kappa shape index (κ1) is 13.1. The summed E-state index contributed by atoms with van der Waals surface area (Å²) in [4.78, 5) is 10.7. The van der Waals surface area contributed by atoms with Crippen molar-refractivity contribution in [2.45, 2.75) is 17.7 Å². The van der Waals surface area contributed by atoms with Crippen LogP contribution in [0.5, 0.6) is 0 Å². The molecule has 1 aliphatic rings.